The Bertz CT molecular complexity index is 835. The van der Waals surface area contributed by atoms with Crippen molar-refractivity contribution in [2.45, 2.75) is 24.9 Å². The Morgan fingerprint density at radius 3 is 2.56 bits per heavy atom. The molecule has 2 aromatic heterocycles. The molecule has 7 nitrogen and oxygen atoms in total. The topological polar surface area (TPSA) is 81.2 Å². The molecular weight excluding hydrogens is 341 g/mol. The number of aromatic nitrogens is 3. The molecule has 0 bridgehead atoms. The third-order valence-electron chi connectivity index (χ3n) is 4.17. The minimum absolute atomic E-state index is 0.0700. The second-order valence-electron chi connectivity index (χ2n) is 5.85. The van der Waals surface area contributed by atoms with Crippen LogP contribution >= 0.6 is 0 Å². The average molecular weight is 356 g/mol. The molecule has 0 aliphatic carbocycles. The zero-order valence-electron chi connectivity index (χ0n) is 13.3. The molecule has 25 heavy (non-hydrogen) atoms. The molecule has 1 amide bonds. The third-order valence-corrected chi connectivity index (χ3v) is 4.17. The second kappa shape index (κ2) is 6.34. The van der Waals surface area contributed by atoms with Crippen LogP contribution < -0.4 is 5.56 Å². The van der Waals surface area contributed by atoms with Gasteiger partial charge in [0.15, 0.2) is 0 Å². The van der Waals surface area contributed by atoms with Gasteiger partial charge in [0.05, 0.1) is 0 Å². The average Bonchev–Trinajstić information content (AvgIpc) is 3.07. The maximum absolute atomic E-state index is 12.5. The summed E-state index contributed by atoms with van der Waals surface area (Å²) in [6.45, 7) is 0.594. The minimum Gasteiger partial charge on any atom is -0.417 e. The van der Waals surface area contributed by atoms with Gasteiger partial charge in [-0.05, 0) is 25.0 Å². The van der Waals surface area contributed by atoms with Crippen LogP contribution in [0.2, 0.25) is 0 Å². The molecular formula is C15H15F3N4O3. The van der Waals surface area contributed by atoms with Crippen LogP contribution in [0.4, 0.5) is 13.2 Å². The number of pyridine rings is 1. The highest BCUT2D eigenvalue weighted by Gasteiger charge is 2.39. The first-order chi connectivity index (χ1) is 11.8. The quantitative estimate of drug-likeness (QED) is 0.820. The first-order valence-corrected chi connectivity index (χ1v) is 7.63. The summed E-state index contributed by atoms with van der Waals surface area (Å²) in [5, 5.41) is 6.49. The number of piperidine rings is 1. The number of rotatable bonds is 2. The first kappa shape index (κ1) is 17.2. The van der Waals surface area contributed by atoms with E-state index in [9.17, 15) is 22.8 Å². The van der Waals surface area contributed by atoms with Crippen LogP contribution in [-0.4, -0.2) is 38.7 Å². The molecule has 0 atom stereocenters. The van der Waals surface area contributed by atoms with Gasteiger partial charge in [0.1, 0.15) is 5.56 Å². The van der Waals surface area contributed by atoms with Gasteiger partial charge in [0.2, 0.25) is 5.89 Å². The van der Waals surface area contributed by atoms with Crippen molar-refractivity contribution in [3.8, 4) is 0 Å². The van der Waals surface area contributed by atoms with Crippen molar-refractivity contribution in [2.24, 2.45) is 7.05 Å². The van der Waals surface area contributed by atoms with Gasteiger partial charge >= 0.3 is 12.1 Å². The van der Waals surface area contributed by atoms with Gasteiger partial charge in [-0.15, -0.1) is 10.2 Å². The van der Waals surface area contributed by atoms with Gasteiger partial charge in [-0.1, -0.05) is 0 Å². The maximum atomic E-state index is 12.5. The molecule has 1 fully saturated rings. The molecule has 0 aromatic carbocycles. The van der Waals surface area contributed by atoms with E-state index < -0.39 is 12.1 Å². The fourth-order valence-electron chi connectivity index (χ4n) is 2.77. The van der Waals surface area contributed by atoms with Crippen LogP contribution in [0.1, 0.15) is 40.9 Å². The van der Waals surface area contributed by atoms with Crippen molar-refractivity contribution in [2.75, 3.05) is 13.1 Å². The number of carbonyl (C=O) groups excluding carboxylic acids is 1. The normalized spacial score (nSPS) is 16.2. The van der Waals surface area contributed by atoms with Crippen molar-refractivity contribution in [1.29, 1.82) is 0 Å². The van der Waals surface area contributed by atoms with E-state index in [4.69, 9.17) is 4.42 Å². The monoisotopic (exact) mass is 356 g/mol. The lowest BCUT2D eigenvalue weighted by Crippen LogP contribution is -2.40. The largest absolute Gasteiger partial charge is 0.470 e. The smallest absolute Gasteiger partial charge is 0.417 e. The van der Waals surface area contributed by atoms with Crippen LogP contribution in [0.25, 0.3) is 0 Å². The fraction of sp³-hybridized carbons (Fsp3) is 0.467. The highest BCUT2D eigenvalue weighted by molar-refractivity contribution is 5.93. The summed E-state index contributed by atoms with van der Waals surface area (Å²) < 4.78 is 43.6. The highest BCUT2D eigenvalue weighted by Crippen LogP contribution is 2.32. The number of aryl methyl sites for hydroxylation is 1. The SMILES string of the molecule is Cn1cccc(C(=O)N2CCC(c3nnc(C(F)(F)F)o3)CC2)c1=O. The number of carbonyl (C=O) groups is 1. The van der Waals surface area contributed by atoms with E-state index in [-0.39, 0.29) is 28.8 Å². The van der Waals surface area contributed by atoms with Crippen molar-refractivity contribution < 1.29 is 22.4 Å². The lowest BCUT2D eigenvalue weighted by Gasteiger charge is -2.30. The molecule has 1 aliphatic rings. The van der Waals surface area contributed by atoms with E-state index in [2.05, 4.69) is 10.2 Å². The van der Waals surface area contributed by atoms with E-state index in [1.54, 1.807) is 19.3 Å². The van der Waals surface area contributed by atoms with Crippen molar-refractivity contribution in [3.05, 3.63) is 46.0 Å². The zero-order chi connectivity index (χ0) is 18.2. The van der Waals surface area contributed by atoms with Crippen LogP contribution in [-0.2, 0) is 13.2 Å². The summed E-state index contributed by atoms with van der Waals surface area (Å²) in [6.07, 6.45) is -2.34. The van der Waals surface area contributed by atoms with Crippen molar-refractivity contribution in [3.63, 3.8) is 0 Å². The molecule has 134 valence electrons. The Morgan fingerprint density at radius 2 is 1.96 bits per heavy atom. The zero-order valence-corrected chi connectivity index (χ0v) is 13.3. The Balaban J connectivity index is 1.67. The minimum atomic E-state index is -4.67. The molecule has 0 N–H and O–H groups in total. The second-order valence-corrected chi connectivity index (χ2v) is 5.85. The van der Waals surface area contributed by atoms with E-state index >= 15 is 0 Å². The molecule has 0 saturated carbocycles. The molecule has 0 radical (unpaired) electrons. The molecule has 3 rings (SSSR count). The molecule has 0 unspecified atom stereocenters. The van der Waals surface area contributed by atoms with Gasteiger partial charge in [0.25, 0.3) is 11.5 Å². The number of amides is 1. The Labute approximate surface area is 140 Å². The lowest BCUT2D eigenvalue weighted by atomic mass is 9.96. The Kier molecular flexibility index (Phi) is 4.36. The molecule has 3 heterocycles. The first-order valence-electron chi connectivity index (χ1n) is 7.63. The van der Waals surface area contributed by atoms with Crippen LogP contribution in [0.15, 0.2) is 27.5 Å². The number of nitrogens with zero attached hydrogens (tertiary/aromatic N) is 4. The van der Waals surface area contributed by atoms with E-state index in [0.717, 1.165) is 0 Å². The van der Waals surface area contributed by atoms with Gasteiger partial charge in [0, 0.05) is 32.3 Å². The fourth-order valence-corrected chi connectivity index (χ4v) is 2.77. The van der Waals surface area contributed by atoms with Gasteiger partial charge in [-0.25, -0.2) is 0 Å². The van der Waals surface area contributed by atoms with Crippen LogP contribution in [0, 0.1) is 0 Å². The summed E-state index contributed by atoms with van der Waals surface area (Å²) >= 11 is 0. The van der Waals surface area contributed by atoms with Gasteiger partial charge in [-0.2, -0.15) is 13.2 Å². The number of hydrogen-bond acceptors (Lipinski definition) is 5. The predicted octanol–water partition coefficient (Wildman–Crippen LogP) is 1.81. The molecule has 1 saturated heterocycles. The maximum Gasteiger partial charge on any atom is 0.470 e. The van der Waals surface area contributed by atoms with Gasteiger partial charge < -0.3 is 13.9 Å². The van der Waals surface area contributed by atoms with Crippen molar-refractivity contribution >= 4 is 5.91 Å². The van der Waals surface area contributed by atoms with Crippen LogP contribution in [0.3, 0.4) is 0 Å². The number of likely N-dealkylation sites (tertiary alicyclic amines) is 1. The van der Waals surface area contributed by atoms with Gasteiger partial charge in [-0.3, -0.25) is 9.59 Å². The number of hydrogen-bond donors (Lipinski definition) is 0. The Morgan fingerprint density at radius 1 is 1.28 bits per heavy atom. The van der Waals surface area contributed by atoms with E-state index in [1.165, 1.54) is 15.5 Å². The third kappa shape index (κ3) is 3.42. The summed E-state index contributed by atoms with van der Waals surface area (Å²) in [6, 6.07) is 3.07. The summed E-state index contributed by atoms with van der Waals surface area (Å²) in [7, 11) is 1.55. The van der Waals surface area contributed by atoms with E-state index in [0.29, 0.717) is 25.9 Å². The summed E-state index contributed by atoms with van der Waals surface area (Å²) in [4.78, 5) is 26.0. The van der Waals surface area contributed by atoms with Crippen molar-refractivity contribution in [1.82, 2.24) is 19.7 Å². The highest BCUT2D eigenvalue weighted by atomic mass is 19.4. The van der Waals surface area contributed by atoms with E-state index in [1.807, 2.05) is 0 Å². The molecule has 0 spiro atoms. The molecule has 1 aliphatic heterocycles. The number of alkyl halides is 3. The van der Waals surface area contributed by atoms with Crippen LogP contribution in [0.5, 0.6) is 0 Å². The summed E-state index contributed by atoms with van der Waals surface area (Å²) in [5.41, 5.74) is -0.318. The molecule has 2 aromatic rings. The molecule has 10 heteroatoms. The standard InChI is InChI=1S/C15H15F3N4O3/c1-21-6-2-3-10(12(21)23)13(24)22-7-4-9(5-8-22)11-19-20-14(25-11)15(16,17)18/h2-3,6,9H,4-5,7-8H2,1H3. The lowest BCUT2D eigenvalue weighted by molar-refractivity contribution is -0.157. The predicted molar refractivity (Wildman–Crippen MR) is 78.9 cm³/mol. The Hall–Kier alpha value is -2.65. The summed E-state index contributed by atoms with van der Waals surface area (Å²) in [5.74, 6) is -2.17. The number of halogens is 3.